The minimum atomic E-state index is 0.239. The third-order valence-corrected chi connectivity index (χ3v) is 4.91. The third kappa shape index (κ3) is 4.93. The van der Waals surface area contributed by atoms with Gasteiger partial charge in [-0.2, -0.15) is 10.2 Å². The van der Waals surface area contributed by atoms with Gasteiger partial charge < -0.3 is 14.5 Å². The van der Waals surface area contributed by atoms with Crippen LogP contribution in [-0.4, -0.2) is 4.98 Å². The molecule has 5 nitrogen and oxygen atoms in total. The molecule has 31 heavy (non-hydrogen) atoms. The molecule has 0 aliphatic carbocycles. The Hall–Kier alpha value is -4.04. The van der Waals surface area contributed by atoms with E-state index in [9.17, 15) is 5.26 Å². The van der Waals surface area contributed by atoms with Crippen LogP contribution in [0.5, 0.6) is 11.5 Å². The Morgan fingerprint density at radius 1 is 0.935 bits per heavy atom. The van der Waals surface area contributed by atoms with Gasteiger partial charge in [-0.3, -0.25) is 0 Å². The van der Waals surface area contributed by atoms with Crippen molar-refractivity contribution in [2.45, 2.75) is 26.3 Å². The molecule has 0 amide bonds. The molecule has 0 atom stereocenters. The average molecular weight is 409 g/mol. The van der Waals surface area contributed by atoms with Crippen LogP contribution in [0.25, 0.3) is 11.5 Å². The molecule has 0 bridgehead atoms. The van der Waals surface area contributed by atoms with Crippen molar-refractivity contribution in [2.75, 3.05) is 5.32 Å². The minimum Gasteiger partial charge on any atom is -0.457 e. The van der Waals surface area contributed by atoms with Crippen molar-refractivity contribution < 1.29 is 9.15 Å². The summed E-state index contributed by atoms with van der Waals surface area (Å²) in [5.74, 6) is 2.86. The Morgan fingerprint density at radius 3 is 2.19 bits per heavy atom. The molecule has 0 aliphatic rings. The summed E-state index contributed by atoms with van der Waals surface area (Å²) in [6, 6.07) is 27.6. The summed E-state index contributed by atoms with van der Waals surface area (Å²) in [5, 5.41) is 12.5. The van der Waals surface area contributed by atoms with Crippen LogP contribution in [0.1, 0.15) is 36.6 Å². The Morgan fingerprint density at radius 2 is 1.58 bits per heavy atom. The summed E-state index contributed by atoms with van der Waals surface area (Å²) >= 11 is 0. The van der Waals surface area contributed by atoms with E-state index >= 15 is 0 Å². The fourth-order valence-corrected chi connectivity index (χ4v) is 3.13. The number of benzene rings is 3. The van der Waals surface area contributed by atoms with Gasteiger partial charge in [0.05, 0.1) is 0 Å². The Kier molecular flexibility index (Phi) is 6.00. The first-order valence-electron chi connectivity index (χ1n) is 10.2. The van der Waals surface area contributed by atoms with Gasteiger partial charge in [-0.1, -0.05) is 56.3 Å². The SMILES string of the molecule is CC(C)c1ccc(Oc2ccc(CNc3oc(-c4ccccc4)nc3C#N)cc2)cc1. The molecule has 5 heteroatoms. The maximum absolute atomic E-state index is 9.37. The summed E-state index contributed by atoms with van der Waals surface area (Å²) in [5.41, 5.74) is 3.39. The van der Waals surface area contributed by atoms with Crippen molar-refractivity contribution in [1.29, 1.82) is 5.26 Å². The van der Waals surface area contributed by atoms with Gasteiger partial charge in [0, 0.05) is 12.1 Å². The number of aromatic nitrogens is 1. The molecule has 4 aromatic rings. The van der Waals surface area contributed by atoms with Gasteiger partial charge in [0.15, 0.2) is 0 Å². The third-order valence-electron chi connectivity index (χ3n) is 4.91. The zero-order chi connectivity index (χ0) is 21.6. The molecule has 0 unspecified atom stereocenters. The fraction of sp³-hybridized carbons (Fsp3) is 0.154. The van der Waals surface area contributed by atoms with Gasteiger partial charge >= 0.3 is 0 Å². The topological polar surface area (TPSA) is 71.1 Å². The number of rotatable bonds is 7. The summed E-state index contributed by atoms with van der Waals surface area (Å²) in [6.45, 7) is 4.84. The fourth-order valence-electron chi connectivity index (χ4n) is 3.13. The number of hydrogen-bond acceptors (Lipinski definition) is 5. The predicted octanol–water partition coefficient (Wildman–Crippen LogP) is 6.74. The second-order valence-electron chi connectivity index (χ2n) is 7.50. The number of nitrogens with one attached hydrogen (secondary N) is 1. The standard InChI is InChI=1S/C26H23N3O2/c1-18(2)20-10-14-23(15-11-20)30-22-12-8-19(9-13-22)17-28-26-24(16-27)29-25(31-26)21-6-4-3-5-7-21/h3-15,18,28H,17H2,1-2H3. The Bertz CT molecular complexity index is 1170. The van der Waals surface area contributed by atoms with Crippen LogP contribution in [0.3, 0.4) is 0 Å². The van der Waals surface area contributed by atoms with Crippen molar-refractivity contribution in [1.82, 2.24) is 4.98 Å². The van der Waals surface area contributed by atoms with E-state index < -0.39 is 0 Å². The first kappa shape index (κ1) is 20.2. The first-order valence-corrected chi connectivity index (χ1v) is 10.2. The largest absolute Gasteiger partial charge is 0.457 e. The highest BCUT2D eigenvalue weighted by atomic mass is 16.5. The van der Waals surface area contributed by atoms with Crippen LogP contribution in [0.15, 0.2) is 83.3 Å². The highest BCUT2D eigenvalue weighted by molar-refractivity contribution is 5.58. The molecule has 0 saturated heterocycles. The summed E-state index contributed by atoms with van der Waals surface area (Å²) < 4.78 is 11.7. The smallest absolute Gasteiger partial charge is 0.232 e. The van der Waals surface area contributed by atoms with Crippen LogP contribution >= 0.6 is 0 Å². The zero-order valence-corrected chi connectivity index (χ0v) is 17.5. The van der Waals surface area contributed by atoms with E-state index in [1.54, 1.807) is 0 Å². The van der Waals surface area contributed by atoms with Gasteiger partial charge in [0.1, 0.15) is 17.6 Å². The number of oxazole rings is 1. The van der Waals surface area contributed by atoms with Gasteiger partial charge in [0.2, 0.25) is 17.5 Å². The summed E-state index contributed by atoms with van der Waals surface area (Å²) in [6.07, 6.45) is 0. The predicted molar refractivity (Wildman–Crippen MR) is 121 cm³/mol. The van der Waals surface area contributed by atoms with Gasteiger partial charge in [0.25, 0.3) is 0 Å². The van der Waals surface area contributed by atoms with E-state index in [1.165, 1.54) is 5.56 Å². The first-order chi connectivity index (χ1) is 15.1. The number of hydrogen-bond donors (Lipinski definition) is 1. The summed E-state index contributed by atoms with van der Waals surface area (Å²) in [7, 11) is 0. The molecular weight excluding hydrogens is 386 g/mol. The van der Waals surface area contributed by atoms with Crippen LogP contribution in [0.4, 0.5) is 5.88 Å². The Balaban J connectivity index is 1.39. The molecule has 1 heterocycles. The second kappa shape index (κ2) is 9.19. The van der Waals surface area contributed by atoms with Crippen LogP contribution in [0.2, 0.25) is 0 Å². The molecule has 1 aromatic heterocycles. The number of nitriles is 1. The molecule has 4 rings (SSSR count). The van der Waals surface area contributed by atoms with E-state index in [4.69, 9.17) is 9.15 Å². The Labute approximate surface area is 181 Å². The molecule has 0 saturated carbocycles. The normalized spacial score (nSPS) is 10.6. The number of ether oxygens (including phenoxy) is 1. The second-order valence-corrected chi connectivity index (χ2v) is 7.50. The quantitative estimate of drug-likeness (QED) is 0.366. The van der Waals surface area contributed by atoms with Crippen LogP contribution in [0, 0.1) is 11.3 Å². The average Bonchev–Trinajstić information content (AvgIpc) is 3.23. The molecule has 0 fully saturated rings. The lowest BCUT2D eigenvalue weighted by atomic mass is 10.0. The minimum absolute atomic E-state index is 0.239. The van der Waals surface area contributed by atoms with Gasteiger partial charge in [-0.05, 0) is 53.4 Å². The molecular formula is C26H23N3O2. The molecule has 154 valence electrons. The van der Waals surface area contributed by atoms with E-state index in [2.05, 4.69) is 42.4 Å². The molecule has 0 radical (unpaired) electrons. The highest BCUT2D eigenvalue weighted by Crippen LogP contribution is 2.27. The lowest BCUT2D eigenvalue weighted by molar-refractivity contribution is 0.482. The van der Waals surface area contributed by atoms with Crippen molar-refractivity contribution >= 4 is 5.88 Å². The van der Waals surface area contributed by atoms with Crippen molar-refractivity contribution in [3.8, 4) is 29.0 Å². The van der Waals surface area contributed by atoms with Crippen molar-refractivity contribution in [3.63, 3.8) is 0 Å². The molecule has 0 spiro atoms. The van der Waals surface area contributed by atoms with E-state index in [1.807, 2.05) is 66.7 Å². The van der Waals surface area contributed by atoms with Crippen molar-refractivity contribution in [2.24, 2.45) is 0 Å². The lowest BCUT2D eigenvalue weighted by Gasteiger charge is -2.09. The van der Waals surface area contributed by atoms with Crippen LogP contribution in [-0.2, 0) is 6.54 Å². The van der Waals surface area contributed by atoms with E-state index in [-0.39, 0.29) is 5.69 Å². The summed E-state index contributed by atoms with van der Waals surface area (Å²) in [4.78, 5) is 4.28. The zero-order valence-electron chi connectivity index (χ0n) is 17.5. The highest BCUT2D eigenvalue weighted by Gasteiger charge is 2.14. The lowest BCUT2D eigenvalue weighted by Crippen LogP contribution is -1.99. The van der Waals surface area contributed by atoms with E-state index in [0.29, 0.717) is 24.2 Å². The maximum Gasteiger partial charge on any atom is 0.232 e. The molecule has 0 aliphatic heterocycles. The van der Waals surface area contributed by atoms with Crippen molar-refractivity contribution in [3.05, 3.63) is 95.7 Å². The van der Waals surface area contributed by atoms with Gasteiger partial charge in [-0.15, -0.1) is 0 Å². The van der Waals surface area contributed by atoms with Crippen LogP contribution < -0.4 is 10.1 Å². The number of nitrogens with zero attached hydrogens (tertiary/aromatic N) is 2. The number of anilines is 1. The van der Waals surface area contributed by atoms with E-state index in [0.717, 1.165) is 22.6 Å². The molecule has 3 aromatic carbocycles. The monoisotopic (exact) mass is 409 g/mol. The molecule has 1 N–H and O–H groups in total. The maximum atomic E-state index is 9.37. The van der Waals surface area contributed by atoms with Gasteiger partial charge in [-0.25, -0.2) is 0 Å².